The van der Waals surface area contributed by atoms with Crippen LogP contribution in [0, 0.1) is 5.41 Å². The van der Waals surface area contributed by atoms with Crippen LogP contribution in [0.15, 0.2) is 28.8 Å². The van der Waals surface area contributed by atoms with Crippen molar-refractivity contribution in [3.8, 4) is 11.5 Å². The van der Waals surface area contributed by atoms with Crippen molar-refractivity contribution in [3.05, 3.63) is 35.1 Å². The van der Waals surface area contributed by atoms with Gasteiger partial charge in [0.2, 0.25) is 0 Å². The van der Waals surface area contributed by atoms with Gasteiger partial charge in [-0.05, 0) is 24.3 Å². The number of ether oxygens (including phenoxy) is 1. The van der Waals surface area contributed by atoms with Crippen molar-refractivity contribution in [2.45, 2.75) is 5.75 Å². The van der Waals surface area contributed by atoms with Gasteiger partial charge in [0.1, 0.15) is 0 Å². The molecule has 0 aliphatic carbocycles. The lowest BCUT2D eigenvalue weighted by Gasteiger charge is -2.39. The van der Waals surface area contributed by atoms with Gasteiger partial charge in [-0.1, -0.05) is 16.8 Å². The fourth-order valence-electron chi connectivity index (χ4n) is 1.99. The van der Waals surface area contributed by atoms with E-state index in [1.165, 1.54) is 0 Å². The van der Waals surface area contributed by atoms with E-state index < -0.39 is 0 Å². The zero-order valence-electron chi connectivity index (χ0n) is 11.3. The maximum absolute atomic E-state index is 9.36. The standard InChI is InChI=1S/C14H15ClN2O3S/c15-11-3-1-10(2-4-11)13-16-12(17-20-13)5-21-9-14(6-18)7-19-8-14/h1-4,18H,5-9H2. The highest BCUT2D eigenvalue weighted by molar-refractivity contribution is 7.98. The molecule has 7 heteroatoms. The minimum Gasteiger partial charge on any atom is -0.396 e. The number of halogens is 1. The van der Waals surface area contributed by atoms with Crippen LogP contribution >= 0.6 is 23.4 Å². The second kappa shape index (κ2) is 6.36. The summed E-state index contributed by atoms with van der Waals surface area (Å²) >= 11 is 7.53. The van der Waals surface area contributed by atoms with Crippen molar-refractivity contribution in [1.82, 2.24) is 10.1 Å². The molecular weight excluding hydrogens is 312 g/mol. The molecule has 1 aliphatic heterocycles. The lowest BCUT2D eigenvalue weighted by atomic mass is 9.90. The molecule has 0 saturated carbocycles. The second-order valence-corrected chi connectivity index (χ2v) is 6.59. The van der Waals surface area contributed by atoms with Gasteiger partial charge in [-0.15, -0.1) is 0 Å². The molecule has 0 bridgehead atoms. The molecule has 1 aliphatic rings. The van der Waals surface area contributed by atoms with E-state index in [4.69, 9.17) is 20.9 Å². The first-order valence-corrected chi connectivity index (χ1v) is 8.09. The Morgan fingerprint density at radius 3 is 2.67 bits per heavy atom. The third kappa shape index (κ3) is 3.40. The van der Waals surface area contributed by atoms with Gasteiger partial charge in [0.25, 0.3) is 5.89 Å². The molecule has 2 aromatic rings. The lowest BCUT2D eigenvalue weighted by molar-refractivity contribution is -0.121. The predicted octanol–water partition coefficient (Wildman–Crippen LogP) is 2.63. The van der Waals surface area contributed by atoms with E-state index >= 15 is 0 Å². The fourth-order valence-corrected chi connectivity index (χ4v) is 3.21. The first-order valence-electron chi connectivity index (χ1n) is 6.56. The van der Waals surface area contributed by atoms with E-state index in [2.05, 4.69) is 10.1 Å². The zero-order valence-corrected chi connectivity index (χ0v) is 12.9. The molecule has 21 heavy (non-hydrogen) atoms. The molecule has 112 valence electrons. The Balaban J connectivity index is 1.56. The Labute approximate surface area is 131 Å². The topological polar surface area (TPSA) is 68.4 Å². The van der Waals surface area contributed by atoms with Crippen molar-refractivity contribution in [2.24, 2.45) is 5.41 Å². The van der Waals surface area contributed by atoms with Crippen LogP contribution in [-0.2, 0) is 10.5 Å². The number of hydrogen-bond acceptors (Lipinski definition) is 6. The largest absolute Gasteiger partial charge is 0.396 e. The van der Waals surface area contributed by atoms with Gasteiger partial charge in [-0.2, -0.15) is 16.7 Å². The van der Waals surface area contributed by atoms with E-state index in [0.29, 0.717) is 35.7 Å². The molecule has 5 nitrogen and oxygen atoms in total. The van der Waals surface area contributed by atoms with Gasteiger partial charge in [0.15, 0.2) is 5.82 Å². The summed E-state index contributed by atoms with van der Waals surface area (Å²) in [5.74, 6) is 2.62. The Morgan fingerprint density at radius 1 is 1.29 bits per heavy atom. The minimum atomic E-state index is -0.0899. The average molecular weight is 327 g/mol. The lowest BCUT2D eigenvalue weighted by Crippen LogP contribution is -2.47. The molecule has 0 atom stereocenters. The van der Waals surface area contributed by atoms with Crippen LogP contribution in [0.2, 0.25) is 5.02 Å². The molecular formula is C14H15ClN2O3S. The highest BCUT2D eigenvalue weighted by Gasteiger charge is 2.37. The summed E-state index contributed by atoms with van der Waals surface area (Å²) in [5, 5.41) is 14.0. The maximum Gasteiger partial charge on any atom is 0.257 e. The monoisotopic (exact) mass is 326 g/mol. The number of rotatable bonds is 6. The molecule has 1 fully saturated rings. The van der Waals surface area contributed by atoms with E-state index in [1.54, 1.807) is 23.9 Å². The number of aliphatic hydroxyl groups is 1. The Bertz CT molecular complexity index is 593. The summed E-state index contributed by atoms with van der Waals surface area (Å²) < 4.78 is 10.4. The summed E-state index contributed by atoms with van der Waals surface area (Å²) in [5.41, 5.74) is 0.760. The van der Waals surface area contributed by atoms with Crippen molar-refractivity contribution in [1.29, 1.82) is 0 Å². The van der Waals surface area contributed by atoms with Crippen LogP contribution in [0.25, 0.3) is 11.5 Å². The highest BCUT2D eigenvalue weighted by atomic mass is 35.5. The van der Waals surface area contributed by atoms with Crippen LogP contribution < -0.4 is 0 Å². The number of aromatic nitrogens is 2. The molecule has 3 rings (SSSR count). The van der Waals surface area contributed by atoms with Gasteiger partial charge < -0.3 is 14.4 Å². The van der Waals surface area contributed by atoms with E-state index in [9.17, 15) is 5.11 Å². The minimum absolute atomic E-state index is 0.0899. The van der Waals surface area contributed by atoms with Crippen LogP contribution in [0.3, 0.4) is 0 Å². The summed E-state index contributed by atoms with van der Waals surface area (Å²) in [7, 11) is 0. The van der Waals surface area contributed by atoms with Crippen molar-refractivity contribution >= 4 is 23.4 Å². The smallest absolute Gasteiger partial charge is 0.257 e. The Hall–Kier alpha value is -1.08. The Kier molecular flexibility index (Phi) is 4.49. The van der Waals surface area contributed by atoms with Crippen LogP contribution in [0.1, 0.15) is 5.82 Å². The number of nitrogens with zero attached hydrogens (tertiary/aromatic N) is 2. The first kappa shape index (κ1) is 14.8. The van der Waals surface area contributed by atoms with Gasteiger partial charge in [-0.3, -0.25) is 0 Å². The molecule has 2 heterocycles. The molecule has 0 spiro atoms. The summed E-state index contributed by atoms with van der Waals surface area (Å²) in [4.78, 5) is 4.36. The van der Waals surface area contributed by atoms with Crippen LogP contribution in [0.5, 0.6) is 0 Å². The molecule has 0 unspecified atom stereocenters. The molecule has 1 N–H and O–H groups in total. The SMILES string of the molecule is OCC1(CSCc2noc(-c3ccc(Cl)cc3)n2)COC1. The predicted molar refractivity (Wildman–Crippen MR) is 81.2 cm³/mol. The van der Waals surface area contributed by atoms with Gasteiger partial charge in [-0.25, -0.2) is 0 Å². The van der Waals surface area contributed by atoms with Crippen molar-refractivity contribution in [2.75, 3.05) is 25.6 Å². The molecule has 1 saturated heterocycles. The quantitative estimate of drug-likeness (QED) is 0.880. The highest BCUT2D eigenvalue weighted by Crippen LogP contribution is 2.32. The summed E-state index contributed by atoms with van der Waals surface area (Å²) in [6.07, 6.45) is 0. The molecule has 1 aromatic carbocycles. The number of benzene rings is 1. The molecule has 1 aromatic heterocycles. The first-order chi connectivity index (χ1) is 10.2. The van der Waals surface area contributed by atoms with E-state index in [0.717, 1.165) is 11.3 Å². The molecule has 0 amide bonds. The van der Waals surface area contributed by atoms with Crippen molar-refractivity contribution < 1.29 is 14.4 Å². The van der Waals surface area contributed by atoms with E-state index in [-0.39, 0.29) is 12.0 Å². The van der Waals surface area contributed by atoms with Gasteiger partial charge >= 0.3 is 0 Å². The van der Waals surface area contributed by atoms with Gasteiger partial charge in [0.05, 0.1) is 25.6 Å². The van der Waals surface area contributed by atoms with Crippen molar-refractivity contribution in [3.63, 3.8) is 0 Å². The number of aliphatic hydroxyl groups excluding tert-OH is 1. The molecule has 0 radical (unpaired) electrons. The van der Waals surface area contributed by atoms with Crippen LogP contribution in [0.4, 0.5) is 0 Å². The van der Waals surface area contributed by atoms with Crippen LogP contribution in [-0.4, -0.2) is 40.8 Å². The summed E-state index contributed by atoms with van der Waals surface area (Å²) in [6, 6.07) is 7.27. The Morgan fingerprint density at radius 2 is 2.05 bits per heavy atom. The fraction of sp³-hybridized carbons (Fsp3) is 0.429. The third-order valence-electron chi connectivity index (χ3n) is 3.35. The normalized spacial score (nSPS) is 16.7. The van der Waals surface area contributed by atoms with Gasteiger partial charge in [0, 0.05) is 21.8 Å². The number of thioether (sulfide) groups is 1. The average Bonchev–Trinajstić information content (AvgIpc) is 2.91. The third-order valence-corrected chi connectivity index (χ3v) is 4.88. The zero-order chi connectivity index (χ0) is 14.7. The second-order valence-electron chi connectivity index (χ2n) is 5.17. The number of hydrogen-bond donors (Lipinski definition) is 1. The van der Waals surface area contributed by atoms with E-state index in [1.807, 2.05) is 12.1 Å². The summed E-state index contributed by atoms with van der Waals surface area (Å²) in [6.45, 7) is 1.40. The maximum atomic E-state index is 9.36.